The SMILES string of the molecule is N#Cc1cc(C#N)cc(NCc2ccoc2)c1. The molecule has 0 saturated carbocycles. The molecule has 82 valence electrons. The molecule has 0 aliphatic heterocycles. The highest BCUT2D eigenvalue weighted by molar-refractivity contribution is 5.55. The smallest absolute Gasteiger partial charge is 0.0992 e. The van der Waals surface area contributed by atoms with E-state index >= 15 is 0 Å². The molecule has 0 fully saturated rings. The van der Waals surface area contributed by atoms with Crippen molar-refractivity contribution in [2.24, 2.45) is 0 Å². The van der Waals surface area contributed by atoms with E-state index in [1.54, 1.807) is 30.7 Å². The van der Waals surface area contributed by atoms with Gasteiger partial charge in [0, 0.05) is 17.8 Å². The fraction of sp³-hybridized carbons (Fsp3) is 0.0769. The van der Waals surface area contributed by atoms with Gasteiger partial charge in [-0.3, -0.25) is 0 Å². The van der Waals surface area contributed by atoms with Crippen LogP contribution in [0.1, 0.15) is 16.7 Å². The third-order valence-corrected chi connectivity index (χ3v) is 2.27. The lowest BCUT2D eigenvalue weighted by Crippen LogP contribution is -1.98. The zero-order chi connectivity index (χ0) is 12.1. The van der Waals surface area contributed by atoms with E-state index in [0.29, 0.717) is 17.7 Å². The number of anilines is 1. The van der Waals surface area contributed by atoms with Crippen LogP contribution in [0.25, 0.3) is 0 Å². The average molecular weight is 223 g/mol. The Labute approximate surface area is 98.7 Å². The van der Waals surface area contributed by atoms with Crippen molar-refractivity contribution in [3.05, 3.63) is 53.5 Å². The van der Waals surface area contributed by atoms with E-state index < -0.39 is 0 Å². The van der Waals surface area contributed by atoms with Crippen LogP contribution in [0, 0.1) is 22.7 Å². The molecule has 2 aromatic rings. The van der Waals surface area contributed by atoms with Crippen molar-refractivity contribution in [1.29, 1.82) is 10.5 Å². The van der Waals surface area contributed by atoms with Crippen LogP contribution < -0.4 is 5.32 Å². The second-order valence-electron chi connectivity index (χ2n) is 3.51. The first kappa shape index (κ1) is 10.8. The summed E-state index contributed by atoms with van der Waals surface area (Å²) < 4.78 is 4.95. The summed E-state index contributed by atoms with van der Waals surface area (Å²) >= 11 is 0. The molecule has 1 heterocycles. The lowest BCUT2D eigenvalue weighted by atomic mass is 10.1. The lowest BCUT2D eigenvalue weighted by molar-refractivity contribution is 0.564. The van der Waals surface area contributed by atoms with Crippen molar-refractivity contribution in [3.63, 3.8) is 0 Å². The Balaban J connectivity index is 2.16. The molecule has 0 bridgehead atoms. The molecule has 0 saturated heterocycles. The largest absolute Gasteiger partial charge is 0.472 e. The first-order valence-corrected chi connectivity index (χ1v) is 5.02. The number of furan rings is 1. The highest BCUT2D eigenvalue weighted by atomic mass is 16.3. The van der Waals surface area contributed by atoms with Gasteiger partial charge in [-0.05, 0) is 24.3 Å². The van der Waals surface area contributed by atoms with Crippen molar-refractivity contribution in [2.45, 2.75) is 6.54 Å². The molecule has 2 rings (SSSR count). The number of nitrogens with one attached hydrogen (secondary N) is 1. The Kier molecular flexibility index (Phi) is 3.09. The number of hydrogen-bond acceptors (Lipinski definition) is 4. The molecule has 0 aliphatic rings. The highest BCUT2D eigenvalue weighted by Crippen LogP contribution is 2.15. The van der Waals surface area contributed by atoms with Gasteiger partial charge >= 0.3 is 0 Å². The summed E-state index contributed by atoms with van der Waals surface area (Å²) in [5.41, 5.74) is 2.70. The minimum atomic E-state index is 0.471. The predicted molar refractivity (Wildman–Crippen MR) is 61.9 cm³/mol. The minimum absolute atomic E-state index is 0.471. The fourth-order valence-electron chi connectivity index (χ4n) is 1.46. The average Bonchev–Trinajstić information content (AvgIpc) is 2.89. The molecule has 0 radical (unpaired) electrons. The first-order chi connectivity index (χ1) is 8.31. The molecule has 1 N–H and O–H groups in total. The fourth-order valence-corrected chi connectivity index (χ4v) is 1.46. The molecular formula is C13H9N3O. The molecule has 4 nitrogen and oxygen atoms in total. The quantitative estimate of drug-likeness (QED) is 0.868. The summed E-state index contributed by atoms with van der Waals surface area (Å²) in [6.07, 6.45) is 3.25. The predicted octanol–water partition coefficient (Wildman–Crippen LogP) is 2.64. The van der Waals surface area contributed by atoms with Crippen molar-refractivity contribution in [3.8, 4) is 12.1 Å². The maximum absolute atomic E-state index is 8.83. The third-order valence-electron chi connectivity index (χ3n) is 2.27. The van der Waals surface area contributed by atoms with E-state index in [-0.39, 0.29) is 0 Å². The number of hydrogen-bond donors (Lipinski definition) is 1. The van der Waals surface area contributed by atoms with E-state index in [1.807, 2.05) is 18.2 Å². The van der Waals surface area contributed by atoms with E-state index in [2.05, 4.69) is 5.32 Å². The van der Waals surface area contributed by atoms with Crippen molar-refractivity contribution >= 4 is 5.69 Å². The summed E-state index contributed by atoms with van der Waals surface area (Å²) in [5, 5.41) is 20.8. The van der Waals surface area contributed by atoms with Gasteiger partial charge in [-0.25, -0.2) is 0 Å². The number of rotatable bonds is 3. The Hall–Kier alpha value is -2.72. The zero-order valence-electron chi connectivity index (χ0n) is 8.97. The Morgan fingerprint density at radius 1 is 1.12 bits per heavy atom. The van der Waals surface area contributed by atoms with Gasteiger partial charge in [0.2, 0.25) is 0 Å². The highest BCUT2D eigenvalue weighted by Gasteiger charge is 2.01. The summed E-state index contributed by atoms with van der Waals surface area (Å²) in [4.78, 5) is 0. The normalized spacial score (nSPS) is 9.29. The van der Waals surface area contributed by atoms with Crippen LogP contribution in [0.3, 0.4) is 0 Å². The van der Waals surface area contributed by atoms with Gasteiger partial charge in [-0.1, -0.05) is 0 Å². The van der Waals surface area contributed by atoms with E-state index in [9.17, 15) is 0 Å². The Morgan fingerprint density at radius 3 is 2.35 bits per heavy atom. The van der Waals surface area contributed by atoms with Crippen LogP contribution in [0.5, 0.6) is 0 Å². The summed E-state index contributed by atoms with van der Waals surface area (Å²) in [7, 11) is 0. The molecular weight excluding hydrogens is 214 g/mol. The molecule has 0 amide bonds. The van der Waals surface area contributed by atoms with Crippen molar-refractivity contribution in [2.75, 3.05) is 5.32 Å². The van der Waals surface area contributed by atoms with E-state index in [0.717, 1.165) is 11.3 Å². The molecule has 1 aromatic heterocycles. The molecule has 0 spiro atoms. The zero-order valence-corrected chi connectivity index (χ0v) is 8.97. The van der Waals surface area contributed by atoms with E-state index in [4.69, 9.17) is 14.9 Å². The van der Waals surface area contributed by atoms with Gasteiger partial charge < -0.3 is 9.73 Å². The van der Waals surface area contributed by atoms with Crippen LogP contribution in [0.2, 0.25) is 0 Å². The van der Waals surface area contributed by atoms with E-state index in [1.165, 1.54) is 0 Å². The number of nitrogens with zero attached hydrogens (tertiary/aromatic N) is 2. The second kappa shape index (κ2) is 4.87. The van der Waals surface area contributed by atoms with Gasteiger partial charge in [0.05, 0.1) is 35.8 Å². The van der Waals surface area contributed by atoms with Crippen molar-refractivity contribution < 1.29 is 4.42 Å². The summed E-state index contributed by atoms with van der Waals surface area (Å²) in [6, 6.07) is 10.9. The molecule has 4 heteroatoms. The molecule has 0 aliphatic carbocycles. The second-order valence-corrected chi connectivity index (χ2v) is 3.51. The number of nitriles is 2. The maximum Gasteiger partial charge on any atom is 0.0992 e. The van der Waals surface area contributed by atoms with Crippen LogP contribution in [0.4, 0.5) is 5.69 Å². The van der Waals surface area contributed by atoms with Crippen molar-refractivity contribution in [1.82, 2.24) is 0 Å². The Bertz CT molecular complexity index is 556. The molecule has 0 unspecified atom stereocenters. The van der Waals surface area contributed by atoms with Gasteiger partial charge in [0.15, 0.2) is 0 Å². The molecule has 17 heavy (non-hydrogen) atoms. The van der Waals surface area contributed by atoms with Gasteiger partial charge in [0.1, 0.15) is 0 Å². The standard InChI is InChI=1S/C13H9N3O/c14-6-11-3-12(7-15)5-13(4-11)16-8-10-1-2-17-9-10/h1-5,9,16H,8H2. The minimum Gasteiger partial charge on any atom is -0.472 e. The number of benzene rings is 1. The third kappa shape index (κ3) is 2.64. The first-order valence-electron chi connectivity index (χ1n) is 5.02. The van der Waals surface area contributed by atoms with Gasteiger partial charge in [-0.15, -0.1) is 0 Å². The topological polar surface area (TPSA) is 72.8 Å². The van der Waals surface area contributed by atoms with Crippen LogP contribution in [-0.2, 0) is 6.54 Å². The maximum atomic E-state index is 8.83. The molecule has 1 aromatic carbocycles. The van der Waals surface area contributed by atoms with Crippen LogP contribution in [0.15, 0.2) is 41.2 Å². The Morgan fingerprint density at radius 2 is 1.82 bits per heavy atom. The van der Waals surface area contributed by atoms with Gasteiger partial charge in [0.25, 0.3) is 0 Å². The summed E-state index contributed by atoms with van der Waals surface area (Å²) in [5.74, 6) is 0. The van der Waals surface area contributed by atoms with Crippen LogP contribution in [-0.4, -0.2) is 0 Å². The van der Waals surface area contributed by atoms with Crippen LogP contribution >= 0.6 is 0 Å². The monoisotopic (exact) mass is 223 g/mol. The molecule has 0 atom stereocenters. The van der Waals surface area contributed by atoms with Gasteiger partial charge in [-0.2, -0.15) is 10.5 Å². The summed E-state index contributed by atoms with van der Waals surface area (Å²) in [6.45, 7) is 0.594. The lowest BCUT2D eigenvalue weighted by Gasteiger charge is -2.05.